The predicted molar refractivity (Wildman–Crippen MR) is 72.6 cm³/mol. The fourth-order valence-corrected chi connectivity index (χ4v) is 2.02. The third-order valence-corrected chi connectivity index (χ3v) is 3.01. The zero-order valence-corrected chi connectivity index (χ0v) is 10.8. The quantitative estimate of drug-likeness (QED) is 0.626. The van der Waals surface area contributed by atoms with Crippen molar-refractivity contribution in [3.63, 3.8) is 0 Å². The molecule has 0 amide bonds. The first-order chi connectivity index (χ1) is 9.00. The van der Waals surface area contributed by atoms with Gasteiger partial charge < -0.3 is 4.90 Å². The highest BCUT2D eigenvalue weighted by Crippen LogP contribution is 2.37. The Balaban J connectivity index is 2.53. The van der Waals surface area contributed by atoms with Crippen LogP contribution in [0.15, 0.2) is 42.5 Å². The maximum Gasteiger partial charge on any atom is 0.311 e. The lowest BCUT2D eigenvalue weighted by Gasteiger charge is -2.19. The van der Waals surface area contributed by atoms with Crippen LogP contribution in [0, 0.1) is 15.9 Å². The summed E-state index contributed by atoms with van der Waals surface area (Å²) >= 11 is 5.84. The average Bonchev–Trinajstić information content (AvgIpc) is 2.37. The summed E-state index contributed by atoms with van der Waals surface area (Å²) in [7, 11) is 1.62. The molecular weight excluding hydrogens is 271 g/mol. The van der Waals surface area contributed by atoms with E-state index in [1.165, 1.54) is 29.2 Å². The molecular formula is C13H10ClFN2O2. The lowest BCUT2D eigenvalue weighted by Crippen LogP contribution is -2.11. The van der Waals surface area contributed by atoms with E-state index in [-0.39, 0.29) is 10.7 Å². The fourth-order valence-electron chi connectivity index (χ4n) is 1.78. The summed E-state index contributed by atoms with van der Waals surface area (Å²) in [5.74, 6) is -0.408. The van der Waals surface area contributed by atoms with Crippen LogP contribution in [0.3, 0.4) is 0 Å². The van der Waals surface area contributed by atoms with E-state index < -0.39 is 10.7 Å². The summed E-state index contributed by atoms with van der Waals surface area (Å²) in [6, 6.07) is 10.4. The van der Waals surface area contributed by atoms with Crippen LogP contribution in [0.5, 0.6) is 0 Å². The molecule has 0 aliphatic heterocycles. The van der Waals surface area contributed by atoms with Crippen LogP contribution in [0.4, 0.5) is 21.5 Å². The topological polar surface area (TPSA) is 46.4 Å². The molecule has 0 N–H and O–H groups in total. The molecule has 0 heterocycles. The molecule has 0 saturated carbocycles. The Morgan fingerprint density at radius 3 is 2.58 bits per heavy atom. The first-order valence-corrected chi connectivity index (χ1v) is 5.80. The summed E-state index contributed by atoms with van der Waals surface area (Å²) < 4.78 is 13.2. The molecule has 6 heteroatoms. The van der Waals surface area contributed by atoms with Gasteiger partial charge in [-0.05, 0) is 30.3 Å². The first-order valence-electron chi connectivity index (χ1n) is 5.43. The zero-order valence-electron chi connectivity index (χ0n) is 10.0. The number of hydrogen-bond donors (Lipinski definition) is 0. The molecule has 0 aromatic heterocycles. The van der Waals surface area contributed by atoms with Gasteiger partial charge in [0.1, 0.15) is 16.5 Å². The molecule has 0 fully saturated rings. The largest absolute Gasteiger partial charge is 0.339 e. The highest BCUT2D eigenvalue weighted by atomic mass is 35.5. The van der Waals surface area contributed by atoms with E-state index in [1.54, 1.807) is 25.2 Å². The van der Waals surface area contributed by atoms with Crippen molar-refractivity contribution in [1.82, 2.24) is 0 Å². The standard InChI is InChI=1S/C13H10ClFN2O2/c1-16(10-5-2-4-9(15)8-10)12-7-3-6-11(14)13(12)17(18)19/h2-8H,1H3. The van der Waals surface area contributed by atoms with Crippen molar-refractivity contribution in [3.8, 4) is 0 Å². The Labute approximate surface area is 114 Å². The molecule has 0 spiro atoms. The smallest absolute Gasteiger partial charge is 0.311 e. The van der Waals surface area contributed by atoms with Crippen molar-refractivity contribution in [2.75, 3.05) is 11.9 Å². The van der Waals surface area contributed by atoms with E-state index in [9.17, 15) is 14.5 Å². The molecule has 0 radical (unpaired) electrons. The summed E-state index contributed by atoms with van der Waals surface area (Å²) in [6.45, 7) is 0. The lowest BCUT2D eigenvalue weighted by atomic mass is 10.2. The second kappa shape index (κ2) is 5.24. The number of nitro groups is 1. The Hall–Kier alpha value is -2.14. The van der Waals surface area contributed by atoms with Crippen molar-refractivity contribution < 1.29 is 9.31 Å². The van der Waals surface area contributed by atoms with Crippen LogP contribution in [0.25, 0.3) is 0 Å². The number of nitro benzene ring substituents is 1. The van der Waals surface area contributed by atoms with Crippen LogP contribution >= 0.6 is 11.6 Å². The zero-order chi connectivity index (χ0) is 14.0. The first kappa shape index (κ1) is 13.3. The number of hydrogen-bond acceptors (Lipinski definition) is 3. The predicted octanol–water partition coefficient (Wildman–Crippen LogP) is 4.16. The molecule has 0 unspecified atom stereocenters. The number of halogens is 2. The van der Waals surface area contributed by atoms with Gasteiger partial charge in [-0.2, -0.15) is 0 Å². The van der Waals surface area contributed by atoms with Crippen LogP contribution in [-0.2, 0) is 0 Å². The average molecular weight is 281 g/mol. The highest BCUT2D eigenvalue weighted by molar-refractivity contribution is 6.33. The van der Waals surface area contributed by atoms with E-state index in [1.807, 2.05) is 0 Å². The Morgan fingerprint density at radius 2 is 1.95 bits per heavy atom. The number of rotatable bonds is 3. The molecule has 4 nitrogen and oxygen atoms in total. The third-order valence-electron chi connectivity index (χ3n) is 2.70. The summed E-state index contributed by atoms with van der Waals surface area (Å²) in [5, 5.41) is 11.1. The van der Waals surface area contributed by atoms with E-state index in [4.69, 9.17) is 11.6 Å². The lowest BCUT2D eigenvalue weighted by molar-refractivity contribution is -0.383. The molecule has 19 heavy (non-hydrogen) atoms. The minimum atomic E-state index is -0.548. The monoisotopic (exact) mass is 280 g/mol. The van der Waals surface area contributed by atoms with Gasteiger partial charge in [-0.25, -0.2) is 4.39 Å². The second-order valence-electron chi connectivity index (χ2n) is 3.90. The highest BCUT2D eigenvalue weighted by Gasteiger charge is 2.21. The van der Waals surface area contributed by atoms with Crippen molar-refractivity contribution in [2.24, 2.45) is 0 Å². The van der Waals surface area contributed by atoms with Gasteiger partial charge in [0.2, 0.25) is 0 Å². The molecule has 98 valence electrons. The van der Waals surface area contributed by atoms with E-state index in [0.29, 0.717) is 11.4 Å². The van der Waals surface area contributed by atoms with Gasteiger partial charge in [-0.15, -0.1) is 0 Å². The van der Waals surface area contributed by atoms with E-state index >= 15 is 0 Å². The minimum absolute atomic E-state index is 0.0470. The van der Waals surface area contributed by atoms with E-state index in [2.05, 4.69) is 0 Å². The van der Waals surface area contributed by atoms with Gasteiger partial charge >= 0.3 is 5.69 Å². The Kier molecular flexibility index (Phi) is 3.66. The van der Waals surface area contributed by atoms with E-state index in [0.717, 1.165) is 0 Å². The molecule has 2 aromatic rings. The molecule has 0 bridgehead atoms. The molecule has 0 aliphatic carbocycles. The van der Waals surface area contributed by atoms with Crippen LogP contribution in [0.1, 0.15) is 0 Å². The van der Waals surface area contributed by atoms with Crippen LogP contribution in [0.2, 0.25) is 5.02 Å². The van der Waals surface area contributed by atoms with Crippen molar-refractivity contribution in [2.45, 2.75) is 0 Å². The maximum absolute atomic E-state index is 13.2. The summed E-state index contributed by atoms with van der Waals surface area (Å²) in [6.07, 6.45) is 0. The van der Waals surface area contributed by atoms with Gasteiger partial charge in [0, 0.05) is 12.7 Å². The van der Waals surface area contributed by atoms with Gasteiger partial charge in [-0.1, -0.05) is 23.7 Å². The number of para-hydroxylation sites is 1. The second-order valence-corrected chi connectivity index (χ2v) is 4.31. The number of nitrogens with zero attached hydrogens (tertiary/aromatic N) is 2. The minimum Gasteiger partial charge on any atom is -0.339 e. The fraction of sp³-hybridized carbons (Fsp3) is 0.0769. The molecule has 0 saturated heterocycles. The normalized spacial score (nSPS) is 10.3. The summed E-state index contributed by atoms with van der Waals surface area (Å²) in [4.78, 5) is 12.0. The number of benzene rings is 2. The summed E-state index contributed by atoms with van der Waals surface area (Å²) in [5.41, 5.74) is 0.615. The Morgan fingerprint density at radius 1 is 1.26 bits per heavy atom. The number of anilines is 2. The SMILES string of the molecule is CN(c1cccc(F)c1)c1cccc(Cl)c1[N+](=O)[O-]. The van der Waals surface area contributed by atoms with Crippen molar-refractivity contribution in [3.05, 3.63) is 63.4 Å². The van der Waals surface area contributed by atoms with Gasteiger partial charge in [0.25, 0.3) is 0 Å². The third kappa shape index (κ3) is 2.66. The molecule has 2 aromatic carbocycles. The van der Waals surface area contributed by atoms with Crippen molar-refractivity contribution >= 4 is 28.7 Å². The van der Waals surface area contributed by atoms with Crippen molar-refractivity contribution in [1.29, 1.82) is 0 Å². The van der Waals surface area contributed by atoms with Gasteiger partial charge in [0.15, 0.2) is 0 Å². The van der Waals surface area contributed by atoms with Gasteiger partial charge in [0.05, 0.1) is 4.92 Å². The maximum atomic E-state index is 13.2. The molecule has 0 aliphatic rings. The van der Waals surface area contributed by atoms with Crippen LogP contribution in [-0.4, -0.2) is 12.0 Å². The Bertz CT molecular complexity index is 634. The molecule has 2 rings (SSSR count). The molecule has 0 atom stereocenters. The van der Waals surface area contributed by atoms with Crippen LogP contribution < -0.4 is 4.90 Å². The van der Waals surface area contributed by atoms with Gasteiger partial charge in [-0.3, -0.25) is 10.1 Å².